The number of carbonyl (C=O) groups is 1. The number of piperidine rings is 1. The van der Waals surface area contributed by atoms with Crippen LogP contribution in [0.3, 0.4) is 0 Å². The lowest BCUT2D eigenvalue weighted by Crippen LogP contribution is -3.11. The molecular weight excluding hydrogens is 252 g/mol. The quantitative estimate of drug-likeness (QED) is 0.712. The molecule has 6 nitrogen and oxygen atoms in total. The van der Waals surface area contributed by atoms with Crippen molar-refractivity contribution in [3.05, 3.63) is 5.89 Å². The van der Waals surface area contributed by atoms with E-state index in [1.165, 1.54) is 49.0 Å². The maximum Gasteiger partial charge on any atom is 0.277 e. The average Bonchev–Trinajstić information content (AvgIpc) is 2.77. The van der Waals surface area contributed by atoms with Crippen LogP contribution >= 0.6 is 11.8 Å². The number of nitrogens with zero attached hydrogens (tertiary/aromatic N) is 2. The molecule has 3 N–H and O–H groups in total. The van der Waals surface area contributed by atoms with Crippen LogP contribution in [-0.4, -0.2) is 34.4 Å². The highest BCUT2D eigenvalue weighted by Crippen LogP contribution is 2.21. The molecule has 1 fully saturated rings. The second-order valence-electron chi connectivity index (χ2n) is 4.61. The average molecular weight is 271 g/mol. The van der Waals surface area contributed by atoms with Gasteiger partial charge in [0, 0.05) is 0 Å². The number of quaternary nitrogens is 1. The van der Waals surface area contributed by atoms with E-state index in [1.54, 1.807) is 6.92 Å². The van der Waals surface area contributed by atoms with Gasteiger partial charge in [0.25, 0.3) is 11.1 Å². The number of hydrogen-bond donors (Lipinski definition) is 2. The van der Waals surface area contributed by atoms with E-state index in [4.69, 9.17) is 10.2 Å². The highest BCUT2D eigenvalue weighted by Gasteiger charge is 2.19. The van der Waals surface area contributed by atoms with Gasteiger partial charge in [-0.25, -0.2) is 0 Å². The van der Waals surface area contributed by atoms with Gasteiger partial charge in [0.2, 0.25) is 5.91 Å². The standard InChI is InChI=1S/C11H18N4O2S/c1-8(10(12)16)18-11-14-13-9(17-11)7-15-5-3-2-4-6-15/h8H,2-7H2,1H3,(H2,12,16)/p+1/t8-/m1/s1. The lowest BCUT2D eigenvalue weighted by molar-refractivity contribution is -0.919. The van der Waals surface area contributed by atoms with Crippen LogP contribution in [-0.2, 0) is 11.3 Å². The van der Waals surface area contributed by atoms with Gasteiger partial charge < -0.3 is 15.1 Å². The molecule has 0 unspecified atom stereocenters. The summed E-state index contributed by atoms with van der Waals surface area (Å²) in [6.45, 7) is 4.84. The maximum atomic E-state index is 10.9. The van der Waals surface area contributed by atoms with Crippen molar-refractivity contribution < 1.29 is 14.1 Å². The van der Waals surface area contributed by atoms with E-state index in [9.17, 15) is 4.79 Å². The molecule has 7 heteroatoms. The van der Waals surface area contributed by atoms with Gasteiger partial charge in [0.05, 0.1) is 18.3 Å². The summed E-state index contributed by atoms with van der Waals surface area (Å²) in [6.07, 6.45) is 3.86. The van der Waals surface area contributed by atoms with Gasteiger partial charge in [0.1, 0.15) is 0 Å². The van der Waals surface area contributed by atoms with Crippen molar-refractivity contribution in [2.75, 3.05) is 13.1 Å². The number of primary amides is 1. The van der Waals surface area contributed by atoms with E-state index in [2.05, 4.69) is 10.2 Å². The molecule has 1 saturated heterocycles. The molecule has 0 radical (unpaired) electrons. The summed E-state index contributed by atoms with van der Waals surface area (Å²) in [5, 5.41) is 8.02. The van der Waals surface area contributed by atoms with Crippen LogP contribution in [0.5, 0.6) is 0 Å². The molecule has 18 heavy (non-hydrogen) atoms. The zero-order valence-corrected chi connectivity index (χ0v) is 11.3. The molecule has 2 rings (SSSR count). The fourth-order valence-electron chi connectivity index (χ4n) is 2.01. The van der Waals surface area contributed by atoms with Crippen LogP contribution in [0.4, 0.5) is 0 Å². The van der Waals surface area contributed by atoms with Gasteiger partial charge in [-0.1, -0.05) is 11.8 Å². The zero-order valence-electron chi connectivity index (χ0n) is 10.5. The number of nitrogens with two attached hydrogens (primary N) is 1. The highest BCUT2D eigenvalue weighted by atomic mass is 32.2. The first-order valence-electron chi connectivity index (χ1n) is 6.27. The first-order valence-corrected chi connectivity index (χ1v) is 7.15. The van der Waals surface area contributed by atoms with Crippen molar-refractivity contribution in [2.24, 2.45) is 5.73 Å². The maximum absolute atomic E-state index is 10.9. The van der Waals surface area contributed by atoms with E-state index >= 15 is 0 Å². The number of amides is 1. The Morgan fingerprint density at radius 3 is 2.83 bits per heavy atom. The predicted octanol–water partition coefficient (Wildman–Crippen LogP) is -0.396. The summed E-state index contributed by atoms with van der Waals surface area (Å²) in [7, 11) is 0. The van der Waals surface area contributed by atoms with Crippen molar-refractivity contribution in [1.82, 2.24) is 10.2 Å². The molecule has 1 amide bonds. The topological polar surface area (TPSA) is 86.4 Å². The first kappa shape index (κ1) is 13.4. The number of nitrogens with one attached hydrogen (secondary N) is 1. The van der Waals surface area contributed by atoms with E-state index in [0.29, 0.717) is 11.1 Å². The molecule has 1 aliphatic rings. The van der Waals surface area contributed by atoms with Crippen LogP contribution in [0.1, 0.15) is 32.1 Å². The first-order chi connectivity index (χ1) is 8.65. The van der Waals surface area contributed by atoms with Gasteiger partial charge in [-0.05, 0) is 26.2 Å². The van der Waals surface area contributed by atoms with Gasteiger partial charge in [-0.3, -0.25) is 4.79 Å². The van der Waals surface area contributed by atoms with Crippen LogP contribution in [0.25, 0.3) is 0 Å². The Hall–Kier alpha value is -1.08. The third-order valence-corrected chi connectivity index (χ3v) is 4.04. The zero-order chi connectivity index (χ0) is 13.0. The molecule has 0 saturated carbocycles. The molecule has 0 aliphatic carbocycles. The summed E-state index contributed by atoms with van der Waals surface area (Å²) in [6, 6.07) is 0. The van der Waals surface area contributed by atoms with Crippen molar-refractivity contribution in [2.45, 2.75) is 43.2 Å². The van der Waals surface area contributed by atoms with Crippen molar-refractivity contribution in [3.8, 4) is 0 Å². The largest absolute Gasteiger partial charge is 0.410 e. The van der Waals surface area contributed by atoms with Gasteiger partial charge in [-0.2, -0.15) is 0 Å². The predicted molar refractivity (Wildman–Crippen MR) is 67.1 cm³/mol. The molecule has 1 aromatic rings. The third-order valence-electron chi connectivity index (χ3n) is 3.09. The van der Waals surface area contributed by atoms with Crippen molar-refractivity contribution >= 4 is 17.7 Å². The number of carbonyl (C=O) groups excluding carboxylic acids is 1. The van der Waals surface area contributed by atoms with E-state index < -0.39 is 0 Å². The molecule has 0 bridgehead atoms. The molecule has 2 heterocycles. The second kappa shape index (κ2) is 6.19. The monoisotopic (exact) mass is 271 g/mol. The number of hydrogen-bond acceptors (Lipinski definition) is 5. The van der Waals surface area contributed by atoms with Gasteiger partial charge in [-0.15, -0.1) is 10.2 Å². The lowest BCUT2D eigenvalue weighted by Gasteiger charge is -2.21. The number of aromatic nitrogens is 2. The van der Waals surface area contributed by atoms with Crippen LogP contribution in [0.15, 0.2) is 9.64 Å². The van der Waals surface area contributed by atoms with E-state index in [1.807, 2.05) is 0 Å². The summed E-state index contributed by atoms with van der Waals surface area (Å²) >= 11 is 1.21. The molecule has 1 aromatic heterocycles. The number of rotatable bonds is 5. The molecule has 1 aliphatic heterocycles. The van der Waals surface area contributed by atoms with Crippen LogP contribution < -0.4 is 10.6 Å². The van der Waals surface area contributed by atoms with Crippen molar-refractivity contribution in [3.63, 3.8) is 0 Å². The summed E-state index contributed by atoms with van der Waals surface area (Å²) in [5.74, 6) is 0.271. The minimum absolute atomic E-state index is 0.347. The lowest BCUT2D eigenvalue weighted by atomic mass is 10.1. The molecule has 1 atom stereocenters. The smallest absolute Gasteiger partial charge is 0.277 e. The Bertz CT molecular complexity index is 404. The van der Waals surface area contributed by atoms with E-state index in [-0.39, 0.29) is 11.2 Å². The molecule has 0 spiro atoms. The van der Waals surface area contributed by atoms with Crippen LogP contribution in [0, 0.1) is 0 Å². The summed E-state index contributed by atoms with van der Waals surface area (Å²) < 4.78 is 5.52. The Labute approximate surface area is 110 Å². The van der Waals surface area contributed by atoms with Crippen molar-refractivity contribution in [1.29, 1.82) is 0 Å². The molecule has 100 valence electrons. The molecular formula is C11H19N4O2S+. The number of thioether (sulfide) groups is 1. The Morgan fingerprint density at radius 1 is 1.44 bits per heavy atom. The summed E-state index contributed by atoms with van der Waals surface area (Å²) in [5.41, 5.74) is 5.19. The summed E-state index contributed by atoms with van der Waals surface area (Å²) in [4.78, 5) is 12.4. The Morgan fingerprint density at radius 2 is 2.17 bits per heavy atom. The van der Waals surface area contributed by atoms with Gasteiger partial charge >= 0.3 is 0 Å². The van der Waals surface area contributed by atoms with E-state index in [0.717, 1.165) is 6.54 Å². The Kier molecular flexibility index (Phi) is 4.60. The second-order valence-corrected chi connectivity index (χ2v) is 5.90. The highest BCUT2D eigenvalue weighted by molar-refractivity contribution is 8.00. The third kappa shape index (κ3) is 3.71. The van der Waals surface area contributed by atoms with Gasteiger partial charge in [0.15, 0.2) is 6.54 Å². The fourth-order valence-corrected chi connectivity index (χ4v) is 2.66. The van der Waals surface area contributed by atoms with Crippen LogP contribution in [0.2, 0.25) is 0 Å². The Balaban J connectivity index is 1.87. The minimum Gasteiger partial charge on any atom is -0.410 e. The SMILES string of the molecule is C[C@@H](Sc1nnc(C[NH+]2CCCCC2)o1)C(N)=O. The minimum atomic E-state index is -0.374. The fraction of sp³-hybridized carbons (Fsp3) is 0.727. The molecule has 0 aromatic carbocycles. The normalized spacial score (nSPS) is 18.7. The number of likely N-dealkylation sites (tertiary alicyclic amines) is 1.